The van der Waals surface area contributed by atoms with E-state index in [0.29, 0.717) is 6.42 Å². The Hall–Kier alpha value is -1.00. The molecule has 0 aliphatic carbocycles. The highest BCUT2D eigenvalue weighted by Crippen LogP contribution is 2.25. The van der Waals surface area contributed by atoms with Gasteiger partial charge in [0, 0.05) is 18.7 Å². The molecule has 2 nitrogen and oxygen atoms in total. The van der Waals surface area contributed by atoms with E-state index in [-0.39, 0.29) is 5.56 Å². The summed E-state index contributed by atoms with van der Waals surface area (Å²) in [5.41, 5.74) is 0.0642. The van der Waals surface area contributed by atoms with Crippen molar-refractivity contribution in [2.45, 2.75) is 38.7 Å². The topological polar surface area (TPSA) is 23.5 Å². The maximum absolute atomic E-state index is 13.6. The quantitative estimate of drug-likeness (QED) is 0.863. The zero-order valence-electron chi connectivity index (χ0n) is 12.0. The zero-order valence-corrected chi connectivity index (χ0v) is 12.0. The SMILES string of the molecule is CCCC1CCN(CCC(O)c2cccc(F)c2F)C1. The molecule has 112 valence electrons. The summed E-state index contributed by atoms with van der Waals surface area (Å²) in [4.78, 5) is 2.31. The first-order valence-corrected chi connectivity index (χ1v) is 7.46. The summed E-state index contributed by atoms with van der Waals surface area (Å²) in [5, 5.41) is 10.0. The maximum Gasteiger partial charge on any atom is 0.164 e. The third-order valence-electron chi connectivity index (χ3n) is 4.13. The van der Waals surface area contributed by atoms with Crippen LogP contribution in [0.5, 0.6) is 0 Å². The van der Waals surface area contributed by atoms with Gasteiger partial charge in [0.25, 0.3) is 0 Å². The van der Waals surface area contributed by atoms with Crippen molar-refractivity contribution >= 4 is 0 Å². The molecule has 0 aromatic heterocycles. The monoisotopic (exact) mass is 283 g/mol. The first-order valence-electron chi connectivity index (χ1n) is 7.46. The van der Waals surface area contributed by atoms with Crippen molar-refractivity contribution in [3.8, 4) is 0 Å². The second kappa shape index (κ2) is 7.14. The summed E-state index contributed by atoms with van der Waals surface area (Å²) in [6.07, 6.45) is 3.17. The lowest BCUT2D eigenvalue weighted by molar-refractivity contribution is 0.143. The molecule has 1 aliphatic rings. The van der Waals surface area contributed by atoms with Crippen molar-refractivity contribution in [3.63, 3.8) is 0 Å². The van der Waals surface area contributed by atoms with E-state index in [4.69, 9.17) is 0 Å². The standard InChI is InChI=1S/C16H23F2NO/c1-2-4-12-7-9-19(11-12)10-8-15(20)13-5-3-6-14(17)16(13)18/h3,5-6,12,15,20H,2,4,7-11H2,1H3. The lowest BCUT2D eigenvalue weighted by Gasteiger charge is -2.19. The third-order valence-corrected chi connectivity index (χ3v) is 4.13. The van der Waals surface area contributed by atoms with E-state index in [1.807, 2.05) is 0 Å². The molecule has 2 rings (SSSR count). The molecule has 2 atom stereocenters. The number of likely N-dealkylation sites (tertiary alicyclic amines) is 1. The molecule has 20 heavy (non-hydrogen) atoms. The van der Waals surface area contributed by atoms with Crippen LogP contribution in [0.2, 0.25) is 0 Å². The number of benzene rings is 1. The van der Waals surface area contributed by atoms with Crippen molar-refractivity contribution in [1.29, 1.82) is 0 Å². The molecular formula is C16H23F2NO. The van der Waals surface area contributed by atoms with Gasteiger partial charge in [0.1, 0.15) is 0 Å². The van der Waals surface area contributed by atoms with Gasteiger partial charge in [0.2, 0.25) is 0 Å². The first kappa shape index (κ1) is 15.4. The van der Waals surface area contributed by atoms with Crippen molar-refractivity contribution in [1.82, 2.24) is 4.90 Å². The van der Waals surface area contributed by atoms with E-state index in [2.05, 4.69) is 11.8 Å². The Morgan fingerprint density at radius 3 is 2.95 bits per heavy atom. The van der Waals surface area contributed by atoms with Crippen LogP contribution in [0.4, 0.5) is 8.78 Å². The second-order valence-corrected chi connectivity index (χ2v) is 5.69. The van der Waals surface area contributed by atoms with Gasteiger partial charge in [0.15, 0.2) is 11.6 Å². The number of aliphatic hydroxyl groups is 1. The fourth-order valence-corrected chi connectivity index (χ4v) is 3.00. The molecule has 4 heteroatoms. The van der Waals surface area contributed by atoms with E-state index >= 15 is 0 Å². The summed E-state index contributed by atoms with van der Waals surface area (Å²) in [6.45, 7) is 5.03. The van der Waals surface area contributed by atoms with E-state index in [0.717, 1.165) is 31.6 Å². The van der Waals surface area contributed by atoms with Crippen molar-refractivity contribution < 1.29 is 13.9 Å². The highest BCUT2D eigenvalue weighted by Gasteiger charge is 2.23. The molecule has 1 fully saturated rings. The van der Waals surface area contributed by atoms with Crippen LogP contribution >= 0.6 is 0 Å². The van der Waals surface area contributed by atoms with Crippen molar-refractivity contribution in [2.75, 3.05) is 19.6 Å². The largest absolute Gasteiger partial charge is 0.388 e. The number of rotatable bonds is 6. The highest BCUT2D eigenvalue weighted by molar-refractivity contribution is 5.21. The lowest BCUT2D eigenvalue weighted by atomic mass is 10.0. The van der Waals surface area contributed by atoms with Crippen LogP contribution in [0.1, 0.15) is 44.3 Å². The van der Waals surface area contributed by atoms with Gasteiger partial charge < -0.3 is 10.0 Å². The van der Waals surface area contributed by atoms with Crippen LogP contribution in [0.25, 0.3) is 0 Å². The Labute approximate surface area is 119 Å². The van der Waals surface area contributed by atoms with Crippen LogP contribution in [0.3, 0.4) is 0 Å². The fourth-order valence-electron chi connectivity index (χ4n) is 3.00. The van der Waals surface area contributed by atoms with Crippen LogP contribution in [0, 0.1) is 17.6 Å². The van der Waals surface area contributed by atoms with Gasteiger partial charge in [-0.25, -0.2) is 8.78 Å². The summed E-state index contributed by atoms with van der Waals surface area (Å²) < 4.78 is 26.7. The molecular weight excluding hydrogens is 260 g/mol. The first-order chi connectivity index (χ1) is 9.61. The maximum atomic E-state index is 13.6. The van der Waals surface area contributed by atoms with Crippen molar-refractivity contribution in [3.05, 3.63) is 35.4 Å². The number of aliphatic hydroxyl groups excluding tert-OH is 1. The molecule has 0 bridgehead atoms. The predicted molar refractivity (Wildman–Crippen MR) is 75.4 cm³/mol. The molecule has 1 saturated heterocycles. The minimum absolute atomic E-state index is 0.0642. The van der Waals surface area contributed by atoms with Gasteiger partial charge in [0.05, 0.1) is 6.10 Å². The van der Waals surface area contributed by atoms with Crippen molar-refractivity contribution in [2.24, 2.45) is 5.92 Å². The van der Waals surface area contributed by atoms with Gasteiger partial charge >= 0.3 is 0 Å². The summed E-state index contributed by atoms with van der Waals surface area (Å²) in [7, 11) is 0. The normalized spacial score (nSPS) is 21.3. The Bertz CT molecular complexity index is 438. The molecule has 0 radical (unpaired) electrons. The Morgan fingerprint density at radius 1 is 1.40 bits per heavy atom. The van der Waals surface area contributed by atoms with Gasteiger partial charge in [-0.05, 0) is 37.8 Å². The molecule has 0 spiro atoms. The summed E-state index contributed by atoms with van der Waals surface area (Å²) in [6, 6.07) is 3.96. The van der Waals surface area contributed by atoms with Crippen LogP contribution in [0.15, 0.2) is 18.2 Å². The average molecular weight is 283 g/mol. The van der Waals surface area contributed by atoms with Crippen LogP contribution in [-0.4, -0.2) is 29.6 Å². The number of halogens is 2. The Morgan fingerprint density at radius 2 is 2.20 bits per heavy atom. The minimum Gasteiger partial charge on any atom is -0.388 e. The van der Waals surface area contributed by atoms with Crippen LogP contribution in [-0.2, 0) is 0 Å². The van der Waals surface area contributed by atoms with Gasteiger partial charge in [-0.3, -0.25) is 0 Å². The zero-order chi connectivity index (χ0) is 14.5. The average Bonchev–Trinajstić information content (AvgIpc) is 2.87. The Balaban J connectivity index is 1.84. The molecule has 1 heterocycles. The Kier molecular flexibility index (Phi) is 5.49. The van der Waals surface area contributed by atoms with Gasteiger partial charge in [-0.15, -0.1) is 0 Å². The van der Waals surface area contributed by atoms with Crippen LogP contribution < -0.4 is 0 Å². The molecule has 1 aliphatic heterocycles. The molecule has 0 saturated carbocycles. The number of hydrogen-bond donors (Lipinski definition) is 1. The van der Waals surface area contributed by atoms with E-state index < -0.39 is 17.7 Å². The van der Waals surface area contributed by atoms with E-state index in [1.165, 1.54) is 31.4 Å². The highest BCUT2D eigenvalue weighted by atomic mass is 19.2. The lowest BCUT2D eigenvalue weighted by Crippen LogP contribution is -2.23. The molecule has 1 N–H and O–H groups in total. The predicted octanol–water partition coefficient (Wildman–Crippen LogP) is 3.51. The summed E-state index contributed by atoms with van der Waals surface area (Å²) >= 11 is 0. The van der Waals surface area contributed by atoms with E-state index in [9.17, 15) is 13.9 Å². The van der Waals surface area contributed by atoms with Gasteiger partial charge in [-0.2, -0.15) is 0 Å². The number of nitrogens with zero attached hydrogens (tertiary/aromatic N) is 1. The molecule has 0 amide bonds. The van der Waals surface area contributed by atoms with E-state index in [1.54, 1.807) is 0 Å². The molecule has 1 aromatic rings. The number of hydrogen-bond acceptors (Lipinski definition) is 2. The smallest absolute Gasteiger partial charge is 0.164 e. The molecule has 2 unspecified atom stereocenters. The minimum atomic E-state index is -0.934. The second-order valence-electron chi connectivity index (χ2n) is 5.69. The molecule has 1 aromatic carbocycles. The third kappa shape index (κ3) is 3.76. The van der Waals surface area contributed by atoms with Gasteiger partial charge in [-0.1, -0.05) is 25.5 Å². The summed E-state index contributed by atoms with van der Waals surface area (Å²) in [5.74, 6) is -1.07. The fraction of sp³-hybridized carbons (Fsp3) is 0.625.